The maximum atomic E-state index is 12.5. The molecule has 1 unspecified atom stereocenters. The van der Waals surface area contributed by atoms with E-state index < -0.39 is 12.0 Å². The summed E-state index contributed by atoms with van der Waals surface area (Å²) < 4.78 is 6.47. The number of anilines is 1. The molecule has 180 valence electrons. The van der Waals surface area contributed by atoms with Crippen LogP contribution in [0.4, 0.5) is 5.69 Å². The van der Waals surface area contributed by atoms with Crippen molar-refractivity contribution in [3.8, 4) is 10.6 Å². The first-order valence-corrected chi connectivity index (χ1v) is 12.3. The number of morpholine rings is 1. The number of carbonyl (C=O) groups excluding carboxylic acids is 1. The lowest BCUT2D eigenvalue weighted by Crippen LogP contribution is -2.42. The van der Waals surface area contributed by atoms with E-state index in [1.807, 2.05) is 36.4 Å². The van der Waals surface area contributed by atoms with Crippen LogP contribution in [0, 0.1) is 6.92 Å². The normalized spacial score (nSPS) is 15.3. The molecule has 1 aromatic heterocycles. The number of ether oxygens (including phenoxy) is 1. The maximum Gasteiger partial charge on any atom is 0.321 e. The van der Waals surface area contributed by atoms with Crippen LogP contribution in [0.5, 0.6) is 0 Å². The molecular formula is C25H30N4O4S. The number of hydrogen-bond donors (Lipinski definition) is 3. The molecule has 0 radical (unpaired) electrons. The van der Waals surface area contributed by atoms with E-state index in [-0.39, 0.29) is 12.3 Å². The second-order valence-corrected chi connectivity index (χ2v) is 9.50. The minimum absolute atomic E-state index is 0.133. The van der Waals surface area contributed by atoms with Gasteiger partial charge in [-0.05, 0) is 68.4 Å². The summed E-state index contributed by atoms with van der Waals surface area (Å²) in [6.45, 7) is 6.78. The second-order valence-electron chi connectivity index (χ2n) is 8.47. The zero-order valence-corrected chi connectivity index (χ0v) is 20.1. The number of benzene rings is 2. The second kappa shape index (κ2) is 11.5. The van der Waals surface area contributed by atoms with Gasteiger partial charge in [0.05, 0.1) is 29.9 Å². The summed E-state index contributed by atoms with van der Waals surface area (Å²) in [5.74, 6) is -1.36. The van der Waals surface area contributed by atoms with E-state index >= 15 is 0 Å². The Labute approximate surface area is 202 Å². The standard InChI is InChI=1S/C25H30N4O4S/c1-17-3-8-20-22(15-17)34-24(28-20)18-4-6-19(7-5-18)27-23(30)16-21(25(31)32)26-9-2-10-29-11-13-33-14-12-29/h3-8,15,21,26H,2,9-14,16H2,1H3,(H,27,30)(H,31,32). The van der Waals surface area contributed by atoms with Crippen molar-refractivity contribution in [2.24, 2.45) is 0 Å². The van der Waals surface area contributed by atoms with Crippen molar-refractivity contribution in [1.29, 1.82) is 0 Å². The van der Waals surface area contributed by atoms with E-state index in [4.69, 9.17) is 4.74 Å². The number of aromatic nitrogens is 1. The molecule has 1 aliphatic heterocycles. The van der Waals surface area contributed by atoms with Crippen LogP contribution in [0.15, 0.2) is 42.5 Å². The number of aliphatic carboxylic acids is 1. The van der Waals surface area contributed by atoms with Crippen LogP contribution in [-0.4, -0.2) is 72.3 Å². The van der Waals surface area contributed by atoms with Crippen molar-refractivity contribution in [2.45, 2.75) is 25.8 Å². The molecule has 0 spiro atoms. The minimum atomic E-state index is -1.03. The number of carboxylic acid groups (broad SMARTS) is 1. The topological polar surface area (TPSA) is 104 Å². The molecule has 1 atom stereocenters. The Kier molecular flexibility index (Phi) is 8.23. The SMILES string of the molecule is Cc1ccc2nc(-c3ccc(NC(=O)CC(NCCCN4CCOCC4)C(=O)O)cc3)sc2c1. The molecule has 0 saturated carbocycles. The molecule has 34 heavy (non-hydrogen) atoms. The maximum absolute atomic E-state index is 12.5. The van der Waals surface area contributed by atoms with Crippen molar-refractivity contribution in [2.75, 3.05) is 44.7 Å². The van der Waals surface area contributed by atoms with E-state index in [0.717, 1.165) is 60.1 Å². The molecule has 0 aliphatic carbocycles. The highest BCUT2D eigenvalue weighted by Gasteiger charge is 2.21. The van der Waals surface area contributed by atoms with Gasteiger partial charge in [-0.25, -0.2) is 4.98 Å². The van der Waals surface area contributed by atoms with Gasteiger partial charge in [0.1, 0.15) is 11.0 Å². The summed E-state index contributed by atoms with van der Waals surface area (Å²) in [6, 6.07) is 12.7. The van der Waals surface area contributed by atoms with Crippen molar-refractivity contribution in [1.82, 2.24) is 15.2 Å². The number of carbonyl (C=O) groups is 2. The fourth-order valence-electron chi connectivity index (χ4n) is 3.90. The third-order valence-electron chi connectivity index (χ3n) is 5.79. The van der Waals surface area contributed by atoms with E-state index in [1.54, 1.807) is 11.3 Å². The Morgan fingerprint density at radius 1 is 1.18 bits per heavy atom. The van der Waals surface area contributed by atoms with Gasteiger partial charge in [0, 0.05) is 24.3 Å². The largest absolute Gasteiger partial charge is 0.480 e. The lowest BCUT2D eigenvalue weighted by molar-refractivity contribution is -0.141. The molecule has 2 heterocycles. The van der Waals surface area contributed by atoms with E-state index in [1.165, 1.54) is 5.56 Å². The quantitative estimate of drug-likeness (QED) is 0.381. The Hall–Kier alpha value is -2.85. The average Bonchev–Trinajstić information content (AvgIpc) is 3.25. The molecule has 4 rings (SSSR count). The number of hydrogen-bond acceptors (Lipinski definition) is 7. The van der Waals surface area contributed by atoms with Crippen LogP contribution in [0.25, 0.3) is 20.8 Å². The number of carboxylic acids is 1. The van der Waals surface area contributed by atoms with Gasteiger partial charge in [-0.15, -0.1) is 11.3 Å². The van der Waals surface area contributed by atoms with Crippen molar-refractivity contribution in [3.05, 3.63) is 48.0 Å². The van der Waals surface area contributed by atoms with Gasteiger partial charge in [-0.3, -0.25) is 14.5 Å². The molecular weight excluding hydrogens is 452 g/mol. The number of amides is 1. The van der Waals surface area contributed by atoms with Gasteiger partial charge in [-0.1, -0.05) is 6.07 Å². The number of aryl methyl sites for hydroxylation is 1. The summed E-state index contributed by atoms with van der Waals surface area (Å²) in [6.07, 6.45) is 0.685. The zero-order chi connectivity index (χ0) is 23.9. The van der Waals surface area contributed by atoms with Crippen LogP contribution in [0.1, 0.15) is 18.4 Å². The van der Waals surface area contributed by atoms with Crippen molar-refractivity contribution in [3.63, 3.8) is 0 Å². The summed E-state index contributed by atoms with van der Waals surface area (Å²) >= 11 is 1.63. The molecule has 3 aromatic rings. The predicted molar refractivity (Wildman–Crippen MR) is 134 cm³/mol. The van der Waals surface area contributed by atoms with E-state index in [9.17, 15) is 14.7 Å². The lowest BCUT2D eigenvalue weighted by atomic mass is 10.1. The molecule has 1 saturated heterocycles. The fourth-order valence-corrected chi connectivity index (χ4v) is 4.97. The molecule has 3 N–H and O–H groups in total. The van der Waals surface area contributed by atoms with Crippen LogP contribution in [0.2, 0.25) is 0 Å². The summed E-state index contributed by atoms with van der Waals surface area (Å²) in [4.78, 5) is 31.1. The average molecular weight is 483 g/mol. The lowest BCUT2D eigenvalue weighted by Gasteiger charge is -2.26. The van der Waals surface area contributed by atoms with Gasteiger partial charge in [0.25, 0.3) is 0 Å². The van der Waals surface area contributed by atoms with Gasteiger partial charge in [-0.2, -0.15) is 0 Å². The number of fused-ring (bicyclic) bond motifs is 1. The Bertz CT molecular complexity index is 1130. The molecule has 8 nitrogen and oxygen atoms in total. The van der Waals surface area contributed by atoms with Gasteiger partial charge < -0.3 is 20.5 Å². The van der Waals surface area contributed by atoms with Gasteiger partial charge in [0.15, 0.2) is 0 Å². The first kappa shape index (κ1) is 24.3. The number of rotatable bonds is 10. The minimum Gasteiger partial charge on any atom is -0.480 e. The number of nitrogens with one attached hydrogen (secondary N) is 2. The van der Waals surface area contributed by atoms with E-state index in [2.05, 4.69) is 33.5 Å². The monoisotopic (exact) mass is 482 g/mol. The fraction of sp³-hybridized carbons (Fsp3) is 0.400. The summed E-state index contributed by atoms with van der Waals surface area (Å²) in [5, 5.41) is 16.2. The van der Waals surface area contributed by atoms with Crippen LogP contribution < -0.4 is 10.6 Å². The molecule has 1 fully saturated rings. The number of nitrogens with zero attached hydrogens (tertiary/aromatic N) is 2. The third-order valence-corrected chi connectivity index (χ3v) is 6.86. The van der Waals surface area contributed by atoms with Crippen LogP contribution >= 0.6 is 11.3 Å². The summed E-state index contributed by atoms with van der Waals surface area (Å²) in [7, 11) is 0. The Balaban J connectivity index is 1.27. The van der Waals surface area contributed by atoms with Crippen molar-refractivity contribution < 1.29 is 19.4 Å². The van der Waals surface area contributed by atoms with Crippen LogP contribution in [0.3, 0.4) is 0 Å². The molecule has 2 aromatic carbocycles. The van der Waals surface area contributed by atoms with Crippen molar-refractivity contribution >= 4 is 39.1 Å². The van der Waals surface area contributed by atoms with E-state index in [0.29, 0.717) is 12.2 Å². The van der Waals surface area contributed by atoms with Crippen LogP contribution in [-0.2, 0) is 14.3 Å². The molecule has 9 heteroatoms. The Morgan fingerprint density at radius 2 is 1.94 bits per heavy atom. The predicted octanol–water partition coefficient (Wildman–Crippen LogP) is 3.37. The highest BCUT2D eigenvalue weighted by Crippen LogP contribution is 2.31. The summed E-state index contributed by atoms with van der Waals surface area (Å²) in [5.41, 5.74) is 3.77. The zero-order valence-electron chi connectivity index (χ0n) is 19.3. The Morgan fingerprint density at radius 3 is 2.68 bits per heavy atom. The first-order chi connectivity index (χ1) is 16.5. The van der Waals surface area contributed by atoms with Gasteiger partial charge in [0.2, 0.25) is 5.91 Å². The molecule has 0 bridgehead atoms. The molecule has 1 aliphatic rings. The smallest absolute Gasteiger partial charge is 0.321 e. The highest BCUT2D eigenvalue weighted by molar-refractivity contribution is 7.21. The highest BCUT2D eigenvalue weighted by atomic mass is 32.1. The first-order valence-electron chi connectivity index (χ1n) is 11.5. The van der Waals surface area contributed by atoms with Gasteiger partial charge >= 0.3 is 5.97 Å². The third kappa shape index (κ3) is 6.60. The molecule has 1 amide bonds. The number of thiazole rings is 1.